The predicted molar refractivity (Wildman–Crippen MR) is 59.6 cm³/mol. The van der Waals surface area contributed by atoms with E-state index < -0.39 is 0 Å². The van der Waals surface area contributed by atoms with Crippen molar-refractivity contribution in [2.75, 3.05) is 13.1 Å². The Balaban J connectivity index is 1.68. The van der Waals surface area contributed by atoms with Crippen LogP contribution in [0.4, 0.5) is 0 Å². The Bertz CT molecular complexity index is 332. The molecule has 0 aliphatic carbocycles. The van der Waals surface area contributed by atoms with Crippen molar-refractivity contribution >= 4 is 0 Å². The predicted octanol–water partition coefficient (Wildman–Crippen LogP) is 0.936. The van der Waals surface area contributed by atoms with Gasteiger partial charge in [0, 0.05) is 37.9 Å². The smallest absolute Gasteiger partial charge is 0.0544 e. The van der Waals surface area contributed by atoms with Gasteiger partial charge in [-0.3, -0.25) is 9.88 Å². The topological polar surface area (TPSA) is 28.2 Å². The molecule has 0 radical (unpaired) electrons. The summed E-state index contributed by atoms with van der Waals surface area (Å²) in [5, 5.41) is 3.45. The molecule has 2 fully saturated rings. The Morgan fingerprint density at radius 3 is 2.80 bits per heavy atom. The molecule has 2 bridgehead atoms. The lowest BCUT2D eigenvalue weighted by Gasteiger charge is -2.53. The summed E-state index contributed by atoms with van der Waals surface area (Å²) in [6, 6.07) is 5.81. The van der Waals surface area contributed by atoms with E-state index in [0.717, 1.165) is 31.7 Å². The molecule has 3 heterocycles. The summed E-state index contributed by atoms with van der Waals surface area (Å²) in [6.45, 7) is 5.42. The van der Waals surface area contributed by atoms with E-state index >= 15 is 0 Å². The maximum atomic E-state index is 4.47. The first-order chi connectivity index (χ1) is 7.33. The van der Waals surface area contributed by atoms with Crippen LogP contribution in [-0.2, 0) is 6.54 Å². The summed E-state index contributed by atoms with van der Waals surface area (Å²) in [6.07, 6.45) is 3.34. The van der Waals surface area contributed by atoms with Crippen molar-refractivity contribution < 1.29 is 0 Å². The van der Waals surface area contributed by atoms with Crippen LogP contribution in [0.25, 0.3) is 0 Å². The van der Waals surface area contributed by atoms with E-state index in [9.17, 15) is 0 Å². The van der Waals surface area contributed by atoms with Crippen LogP contribution in [-0.4, -0.2) is 35.1 Å². The van der Waals surface area contributed by atoms with Crippen molar-refractivity contribution in [1.29, 1.82) is 0 Å². The summed E-state index contributed by atoms with van der Waals surface area (Å²) in [4.78, 5) is 7.04. The number of hydrogen-bond acceptors (Lipinski definition) is 3. The Hall–Kier alpha value is -0.930. The van der Waals surface area contributed by atoms with E-state index in [1.54, 1.807) is 0 Å². The first-order valence-electron chi connectivity index (χ1n) is 5.71. The zero-order chi connectivity index (χ0) is 10.3. The molecule has 80 valence electrons. The van der Waals surface area contributed by atoms with Crippen LogP contribution < -0.4 is 5.32 Å². The minimum absolute atomic E-state index is 0.756. The van der Waals surface area contributed by atoms with E-state index in [1.807, 2.05) is 6.20 Å². The van der Waals surface area contributed by atoms with Gasteiger partial charge in [0.1, 0.15) is 0 Å². The summed E-state index contributed by atoms with van der Waals surface area (Å²) < 4.78 is 0. The molecule has 3 rings (SSSR count). The van der Waals surface area contributed by atoms with E-state index in [1.165, 1.54) is 17.7 Å². The Labute approximate surface area is 90.5 Å². The highest BCUT2D eigenvalue weighted by Crippen LogP contribution is 2.29. The third-order valence-electron chi connectivity index (χ3n) is 3.56. The number of hydrogen-bond donors (Lipinski definition) is 1. The van der Waals surface area contributed by atoms with Gasteiger partial charge in [-0.1, -0.05) is 6.07 Å². The number of nitrogens with zero attached hydrogens (tertiary/aromatic N) is 2. The molecule has 2 atom stereocenters. The molecular weight excluding hydrogens is 186 g/mol. The van der Waals surface area contributed by atoms with Crippen molar-refractivity contribution in [3.8, 4) is 0 Å². The minimum Gasteiger partial charge on any atom is -0.314 e. The van der Waals surface area contributed by atoms with Crippen LogP contribution in [0.5, 0.6) is 0 Å². The van der Waals surface area contributed by atoms with Crippen LogP contribution in [0.1, 0.15) is 17.7 Å². The monoisotopic (exact) mass is 203 g/mol. The van der Waals surface area contributed by atoms with Crippen LogP contribution in [0.2, 0.25) is 0 Å². The molecule has 2 saturated heterocycles. The molecule has 3 nitrogen and oxygen atoms in total. The van der Waals surface area contributed by atoms with Crippen LogP contribution in [0.15, 0.2) is 18.3 Å². The van der Waals surface area contributed by atoms with Crippen molar-refractivity contribution in [1.82, 2.24) is 15.2 Å². The number of aromatic nitrogens is 1. The molecule has 2 aliphatic heterocycles. The maximum absolute atomic E-state index is 4.47. The molecule has 0 saturated carbocycles. The number of piperidine rings is 1. The van der Waals surface area contributed by atoms with Gasteiger partial charge >= 0.3 is 0 Å². The average molecular weight is 203 g/mol. The van der Waals surface area contributed by atoms with Crippen LogP contribution >= 0.6 is 0 Å². The second kappa shape index (κ2) is 3.58. The summed E-state index contributed by atoms with van der Waals surface area (Å²) in [5.74, 6) is 0. The summed E-state index contributed by atoms with van der Waals surface area (Å²) >= 11 is 0. The molecule has 2 aliphatic rings. The van der Waals surface area contributed by atoms with Crippen LogP contribution in [0.3, 0.4) is 0 Å². The van der Waals surface area contributed by atoms with E-state index in [2.05, 4.69) is 34.3 Å². The fourth-order valence-electron chi connectivity index (χ4n) is 2.60. The van der Waals surface area contributed by atoms with E-state index in [0.29, 0.717) is 0 Å². The number of pyridine rings is 1. The lowest BCUT2D eigenvalue weighted by molar-refractivity contribution is -0.0216. The zero-order valence-corrected chi connectivity index (χ0v) is 9.11. The Morgan fingerprint density at radius 1 is 1.40 bits per heavy atom. The largest absolute Gasteiger partial charge is 0.314 e. The van der Waals surface area contributed by atoms with Gasteiger partial charge in [0.2, 0.25) is 0 Å². The molecule has 3 heteroatoms. The molecular formula is C12H17N3. The van der Waals surface area contributed by atoms with Crippen molar-refractivity contribution in [3.63, 3.8) is 0 Å². The summed E-state index contributed by atoms with van der Waals surface area (Å²) in [5.41, 5.74) is 2.45. The molecule has 0 spiro atoms. The van der Waals surface area contributed by atoms with Gasteiger partial charge in [-0.25, -0.2) is 0 Å². The Kier molecular flexibility index (Phi) is 2.22. The molecule has 2 unspecified atom stereocenters. The maximum Gasteiger partial charge on any atom is 0.0544 e. The van der Waals surface area contributed by atoms with Crippen LogP contribution in [0, 0.1) is 6.92 Å². The van der Waals surface area contributed by atoms with Gasteiger partial charge < -0.3 is 5.32 Å². The second-order valence-corrected chi connectivity index (χ2v) is 4.70. The molecule has 15 heavy (non-hydrogen) atoms. The fourth-order valence-corrected chi connectivity index (χ4v) is 2.60. The van der Waals surface area contributed by atoms with Gasteiger partial charge in [0.25, 0.3) is 0 Å². The van der Waals surface area contributed by atoms with Gasteiger partial charge in [0.15, 0.2) is 0 Å². The van der Waals surface area contributed by atoms with Crippen molar-refractivity contribution in [3.05, 3.63) is 29.6 Å². The lowest BCUT2D eigenvalue weighted by Crippen LogP contribution is -2.67. The molecule has 1 N–H and O–H groups in total. The van der Waals surface area contributed by atoms with Gasteiger partial charge in [-0.2, -0.15) is 0 Å². The first-order valence-corrected chi connectivity index (χ1v) is 5.71. The Morgan fingerprint density at radius 2 is 2.20 bits per heavy atom. The molecule has 0 amide bonds. The van der Waals surface area contributed by atoms with Gasteiger partial charge in [-0.05, 0) is 25.0 Å². The highest BCUT2D eigenvalue weighted by atomic mass is 15.3. The second-order valence-electron chi connectivity index (χ2n) is 4.70. The summed E-state index contributed by atoms with van der Waals surface area (Å²) in [7, 11) is 0. The first kappa shape index (κ1) is 9.31. The zero-order valence-electron chi connectivity index (χ0n) is 9.11. The fraction of sp³-hybridized carbons (Fsp3) is 0.583. The van der Waals surface area contributed by atoms with E-state index in [4.69, 9.17) is 0 Å². The third-order valence-corrected chi connectivity index (χ3v) is 3.56. The lowest BCUT2D eigenvalue weighted by atomic mass is 9.88. The van der Waals surface area contributed by atoms with E-state index in [-0.39, 0.29) is 0 Å². The van der Waals surface area contributed by atoms with Crippen molar-refractivity contribution in [2.45, 2.75) is 32.0 Å². The molecule has 1 aromatic rings. The number of piperazine rings is 1. The number of nitrogens with one attached hydrogen (secondary N) is 1. The van der Waals surface area contributed by atoms with Gasteiger partial charge in [-0.15, -0.1) is 0 Å². The average Bonchev–Trinajstić information content (AvgIpc) is 2.29. The number of rotatable bonds is 2. The number of fused-ring (bicyclic) bond motifs is 2. The minimum atomic E-state index is 0.756. The highest BCUT2D eigenvalue weighted by molar-refractivity contribution is 5.13. The van der Waals surface area contributed by atoms with Gasteiger partial charge in [0.05, 0.1) is 5.69 Å². The molecule has 1 aromatic heterocycles. The quantitative estimate of drug-likeness (QED) is 0.775. The standard InChI is InChI=1S/C12H17N3/c1-9-2-3-10(14-5-9)8-15-11-4-12(15)7-13-6-11/h2-3,5,11-13H,4,6-8H2,1H3. The molecule has 0 aromatic carbocycles. The highest BCUT2D eigenvalue weighted by Gasteiger charge is 2.40. The third kappa shape index (κ3) is 1.66. The van der Waals surface area contributed by atoms with Crippen molar-refractivity contribution in [2.24, 2.45) is 0 Å². The normalized spacial score (nSPS) is 29.9. The SMILES string of the molecule is Cc1ccc(CN2C3CNCC2C3)nc1. The number of aryl methyl sites for hydroxylation is 1.